The van der Waals surface area contributed by atoms with Crippen LogP contribution < -0.4 is 16.2 Å². The van der Waals surface area contributed by atoms with Crippen molar-refractivity contribution in [3.05, 3.63) is 53.5 Å². The van der Waals surface area contributed by atoms with Gasteiger partial charge in [-0.2, -0.15) is 0 Å². The van der Waals surface area contributed by atoms with Crippen LogP contribution in [0.4, 0.5) is 20.2 Å². The van der Waals surface area contributed by atoms with Gasteiger partial charge in [0.2, 0.25) is 0 Å². The predicted molar refractivity (Wildman–Crippen MR) is 74.4 cm³/mol. The van der Waals surface area contributed by atoms with E-state index in [1.165, 1.54) is 18.2 Å². The summed E-state index contributed by atoms with van der Waals surface area (Å²) in [4.78, 5) is 0. The molecule has 4 N–H and O–H groups in total. The summed E-state index contributed by atoms with van der Waals surface area (Å²) in [5.41, 5.74) is 11.8. The minimum atomic E-state index is -0.885. The monoisotopic (exact) mass is 286 g/mol. The third-order valence-corrected chi connectivity index (χ3v) is 2.37. The van der Waals surface area contributed by atoms with Crippen LogP contribution in [0.5, 0.6) is 5.75 Å². The van der Waals surface area contributed by atoms with Crippen LogP contribution in [-0.2, 0) is 0 Å². The van der Waals surface area contributed by atoms with E-state index in [-0.39, 0.29) is 16.5 Å². The molecule has 0 aliphatic heterocycles. The van der Waals surface area contributed by atoms with Gasteiger partial charge < -0.3 is 16.2 Å². The highest BCUT2D eigenvalue weighted by Gasteiger charge is 2.06. The number of nitrogen functional groups attached to an aromatic ring is 2. The third-order valence-electron chi connectivity index (χ3n) is 2.08. The Morgan fingerprint density at radius 1 is 1.32 bits per heavy atom. The van der Waals surface area contributed by atoms with Gasteiger partial charge in [0.1, 0.15) is 24.0 Å². The van der Waals surface area contributed by atoms with Crippen LogP contribution in [0.3, 0.4) is 0 Å². The highest BCUT2D eigenvalue weighted by atomic mass is 35.5. The minimum absolute atomic E-state index is 0.119. The fraction of sp³-hybridized carbons (Fsp3) is 0.0769. The first kappa shape index (κ1) is 15.0. The number of halogens is 3. The van der Waals surface area contributed by atoms with Gasteiger partial charge >= 0.3 is 0 Å². The Balaban J connectivity index is 2.78. The first-order valence-electron chi connectivity index (χ1n) is 5.25. The van der Waals surface area contributed by atoms with Gasteiger partial charge in [-0.1, -0.05) is 18.2 Å². The molecule has 1 aromatic carbocycles. The number of ether oxygens (including phenoxy) is 1. The predicted octanol–water partition coefficient (Wildman–Crippen LogP) is 3.78. The largest absolute Gasteiger partial charge is 0.456 e. The Bertz CT molecular complexity index is 542. The molecule has 0 saturated heterocycles. The van der Waals surface area contributed by atoms with Gasteiger partial charge in [0.25, 0.3) is 0 Å². The van der Waals surface area contributed by atoms with Crippen molar-refractivity contribution in [2.75, 3.05) is 18.1 Å². The van der Waals surface area contributed by atoms with Crippen molar-refractivity contribution in [3.63, 3.8) is 0 Å². The van der Waals surface area contributed by atoms with E-state index in [0.29, 0.717) is 11.4 Å². The highest BCUT2D eigenvalue weighted by Crippen LogP contribution is 2.32. The minimum Gasteiger partial charge on any atom is -0.456 e. The third kappa shape index (κ3) is 4.63. The van der Waals surface area contributed by atoms with Crippen LogP contribution in [0.25, 0.3) is 0 Å². The van der Waals surface area contributed by atoms with Crippen molar-refractivity contribution in [1.82, 2.24) is 0 Å². The molecule has 3 nitrogen and oxygen atoms in total. The Hall–Kier alpha value is -2.01. The van der Waals surface area contributed by atoms with E-state index in [1.807, 2.05) is 0 Å². The smallest absolute Gasteiger partial charge is 0.148 e. The molecule has 0 aliphatic rings. The first-order valence-corrected chi connectivity index (χ1v) is 5.62. The normalized spacial score (nSPS) is 11.8. The zero-order valence-electron chi connectivity index (χ0n) is 10.00. The zero-order valence-corrected chi connectivity index (χ0v) is 10.8. The maximum absolute atomic E-state index is 12.9. The molecule has 0 saturated carbocycles. The number of alkyl halides is 1. The van der Waals surface area contributed by atoms with E-state index in [2.05, 4.69) is 6.58 Å². The summed E-state index contributed by atoms with van der Waals surface area (Å²) in [5.74, 6) is -0.360. The Kier molecular flexibility index (Phi) is 5.38. The molecule has 19 heavy (non-hydrogen) atoms. The molecular formula is C13H13ClF2N2O. The van der Waals surface area contributed by atoms with Gasteiger partial charge in [-0.3, -0.25) is 0 Å². The molecule has 0 aliphatic carbocycles. The fourth-order valence-electron chi connectivity index (χ4n) is 1.15. The number of hydrogen-bond donors (Lipinski definition) is 2. The first-order chi connectivity index (χ1) is 8.93. The van der Waals surface area contributed by atoms with Crippen molar-refractivity contribution in [3.8, 4) is 5.75 Å². The maximum Gasteiger partial charge on any atom is 0.148 e. The molecule has 0 fully saturated rings. The van der Waals surface area contributed by atoms with Crippen molar-refractivity contribution < 1.29 is 13.5 Å². The molecule has 1 rings (SSSR count). The molecule has 0 radical (unpaired) electrons. The molecule has 0 atom stereocenters. The molecule has 1 aromatic rings. The summed E-state index contributed by atoms with van der Waals surface area (Å²) in [6.45, 7) is 2.66. The van der Waals surface area contributed by atoms with E-state index in [1.54, 1.807) is 0 Å². The van der Waals surface area contributed by atoms with Crippen LogP contribution in [0, 0.1) is 0 Å². The van der Waals surface area contributed by atoms with Gasteiger partial charge in [-0.15, -0.1) is 0 Å². The Morgan fingerprint density at radius 3 is 2.58 bits per heavy atom. The van der Waals surface area contributed by atoms with Crippen LogP contribution in [0.15, 0.2) is 48.5 Å². The van der Waals surface area contributed by atoms with Gasteiger partial charge in [-0.05, 0) is 24.3 Å². The zero-order chi connectivity index (χ0) is 14.4. The number of anilines is 2. The number of hydrogen-bond acceptors (Lipinski definition) is 3. The second-order valence-corrected chi connectivity index (χ2v) is 3.96. The van der Waals surface area contributed by atoms with E-state index in [9.17, 15) is 8.78 Å². The summed E-state index contributed by atoms with van der Waals surface area (Å²) in [6, 6.07) is 2.87. The van der Waals surface area contributed by atoms with Gasteiger partial charge in [-0.25, -0.2) is 8.78 Å². The molecule has 6 heteroatoms. The summed E-state index contributed by atoms with van der Waals surface area (Å²) in [7, 11) is 0. The maximum atomic E-state index is 12.9. The van der Waals surface area contributed by atoms with Crippen LogP contribution in [0.1, 0.15) is 0 Å². The van der Waals surface area contributed by atoms with E-state index < -0.39 is 12.5 Å². The van der Waals surface area contributed by atoms with Crippen molar-refractivity contribution in [2.45, 2.75) is 0 Å². The number of benzene rings is 1. The summed E-state index contributed by atoms with van der Waals surface area (Å²) >= 11 is 5.90. The van der Waals surface area contributed by atoms with Crippen molar-refractivity contribution >= 4 is 23.0 Å². The molecule has 0 aromatic heterocycles. The van der Waals surface area contributed by atoms with Gasteiger partial charge in [0.05, 0.1) is 16.4 Å². The topological polar surface area (TPSA) is 61.3 Å². The van der Waals surface area contributed by atoms with Gasteiger partial charge in [0.15, 0.2) is 0 Å². The second-order valence-electron chi connectivity index (χ2n) is 3.56. The molecular weight excluding hydrogens is 274 g/mol. The fourth-order valence-corrected chi connectivity index (χ4v) is 1.36. The molecule has 102 valence electrons. The lowest BCUT2D eigenvalue weighted by atomic mass is 10.2. The summed E-state index contributed by atoms with van der Waals surface area (Å²) < 4.78 is 29.9. The Morgan fingerprint density at radius 2 is 1.95 bits per heavy atom. The van der Waals surface area contributed by atoms with Crippen molar-refractivity contribution in [1.29, 1.82) is 0 Å². The number of rotatable bonds is 5. The van der Waals surface area contributed by atoms with E-state index in [4.69, 9.17) is 27.8 Å². The SMILES string of the molecule is C=C(/C=C\C(F)=C/CF)Oc1cc(N)c(N)cc1Cl. The van der Waals surface area contributed by atoms with Crippen LogP contribution >= 0.6 is 11.6 Å². The molecule has 0 heterocycles. The summed E-state index contributed by atoms with van der Waals surface area (Å²) in [5, 5.41) is 0.251. The Labute approximate surface area is 114 Å². The number of nitrogens with two attached hydrogens (primary N) is 2. The van der Waals surface area contributed by atoms with E-state index >= 15 is 0 Å². The van der Waals surface area contributed by atoms with E-state index in [0.717, 1.165) is 12.2 Å². The van der Waals surface area contributed by atoms with Crippen LogP contribution in [0.2, 0.25) is 5.02 Å². The average molecular weight is 287 g/mol. The lowest BCUT2D eigenvalue weighted by Gasteiger charge is -2.09. The highest BCUT2D eigenvalue weighted by molar-refractivity contribution is 6.32. The second kappa shape index (κ2) is 6.80. The standard InChI is InChI=1S/C13H13ClF2N2O/c1-8(2-3-9(16)4-5-15)19-13-7-12(18)11(17)6-10(13)14/h2-4,6-7H,1,5,17-18H2/b3-2-,9-4+. The lowest BCUT2D eigenvalue weighted by Crippen LogP contribution is -1.97. The van der Waals surface area contributed by atoms with Crippen molar-refractivity contribution in [2.24, 2.45) is 0 Å². The van der Waals surface area contributed by atoms with Gasteiger partial charge in [0, 0.05) is 6.07 Å². The molecule has 0 spiro atoms. The molecule has 0 amide bonds. The number of allylic oxidation sites excluding steroid dienone is 4. The lowest BCUT2D eigenvalue weighted by molar-refractivity contribution is 0.447. The quantitative estimate of drug-likeness (QED) is 0.492. The van der Waals surface area contributed by atoms with Crippen LogP contribution in [-0.4, -0.2) is 6.67 Å². The molecule has 0 unspecified atom stereocenters. The average Bonchev–Trinajstić information content (AvgIpc) is 2.34. The molecule has 0 bridgehead atoms. The summed E-state index contributed by atoms with van der Waals surface area (Å²) in [6.07, 6.45) is 3.04.